The summed E-state index contributed by atoms with van der Waals surface area (Å²) < 4.78 is 30.3. The van der Waals surface area contributed by atoms with Gasteiger partial charge in [0.05, 0.1) is 43.1 Å². The zero-order valence-corrected chi connectivity index (χ0v) is 22.1. The zero-order valence-electron chi connectivity index (χ0n) is 22.1. The van der Waals surface area contributed by atoms with Gasteiger partial charge in [-0.2, -0.15) is 0 Å². The third-order valence-electron chi connectivity index (χ3n) is 5.81. The molecular weight excluding hydrogens is 523 g/mol. The van der Waals surface area contributed by atoms with Crippen LogP contribution in [-0.4, -0.2) is 69.6 Å². The van der Waals surface area contributed by atoms with E-state index >= 15 is 0 Å². The Balaban J connectivity index is 0.000000681. The standard InChI is InChI=1S/C24H22FN5O5.C3H7NO/c1-24(22(31)32)12-34-21(35-13-24)20-29-18(14-4-6-15(25)7-5-14)19(30-20)17-8-9-26-23(28-17)27-11-16-3-2-10-33-16;1-4(2)3-5/h2-10,21H,11-13H2,1H3,(H,29,30)(H,31,32)(H,26,27,28);3H,1-2H3. The van der Waals surface area contributed by atoms with Gasteiger partial charge in [-0.05, 0) is 49.4 Å². The molecule has 40 heavy (non-hydrogen) atoms. The summed E-state index contributed by atoms with van der Waals surface area (Å²) in [6.45, 7) is 1.88. The highest BCUT2D eigenvalue weighted by atomic mass is 19.1. The highest BCUT2D eigenvalue weighted by Gasteiger charge is 2.41. The molecule has 3 N–H and O–H groups in total. The number of nitrogens with one attached hydrogen (secondary N) is 2. The maximum absolute atomic E-state index is 13.6. The number of benzene rings is 1. The summed E-state index contributed by atoms with van der Waals surface area (Å²) in [5.74, 6) is 0.0795. The number of anilines is 1. The van der Waals surface area contributed by atoms with Crippen LogP contribution in [0.25, 0.3) is 22.6 Å². The predicted octanol–water partition coefficient (Wildman–Crippen LogP) is 3.72. The molecule has 0 radical (unpaired) electrons. The molecule has 210 valence electrons. The molecule has 4 aromatic rings. The molecule has 3 aromatic heterocycles. The number of ether oxygens (including phenoxy) is 2. The van der Waals surface area contributed by atoms with Crippen molar-refractivity contribution in [1.82, 2.24) is 24.8 Å². The molecule has 0 spiro atoms. The first-order chi connectivity index (χ1) is 19.2. The van der Waals surface area contributed by atoms with E-state index in [4.69, 9.17) is 13.9 Å². The van der Waals surface area contributed by atoms with Crippen LogP contribution >= 0.6 is 0 Å². The van der Waals surface area contributed by atoms with Crippen LogP contribution < -0.4 is 5.32 Å². The van der Waals surface area contributed by atoms with Crippen LogP contribution in [0, 0.1) is 11.2 Å². The van der Waals surface area contributed by atoms with Crippen molar-refractivity contribution in [2.45, 2.75) is 19.8 Å². The number of aromatic nitrogens is 4. The van der Waals surface area contributed by atoms with Crippen molar-refractivity contribution in [2.24, 2.45) is 5.41 Å². The molecule has 13 heteroatoms. The lowest BCUT2D eigenvalue weighted by atomic mass is 9.92. The molecule has 0 bridgehead atoms. The molecule has 4 heterocycles. The third-order valence-corrected chi connectivity index (χ3v) is 5.81. The van der Waals surface area contributed by atoms with Crippen LogP contribution in [0.5, 0.6) is 0 Å². The number of aliphatic carboxylic acids is 1. The first-order valence-electron chi connectivity index (χ1n) is 12.2. The lowest BCUT2D eigenvalue weighted by Crippen LogP contribution is -2.42. The molecule has 5 rings (SSSR count). The van der Waals surface area contributed by atoms with E-state index in [2.05, 4.69) is 25.3 Å². The van der Waals surface area contributed by atoms with E-state index in [1.165, 1.54) is 17.0 Å². The van der Waals surface area contributed by atoms with Crippen LogP contribution in [0.15, 0.2) is 59.3 Å². The summed E-state index contributed by atoms with van der Waals surface area (Å²) in [7, 11) is 3.38. The number of carboxylic acids is 1. The van der Waals surface area contributed by atoms with Gasteiger partial charge in [-0.3, -0.25) is 9.59 Å². The van der Waals surface area contributed by atoms with Gasteiger partial charge < -0.3 is 34.2 Å². The number of halogens is 1. The Kier molecular flexibility index (Phi) is 8.86. The van der Waals surface area contributed by atoms with E-state index in [9.17, 15) is 19.1 Å². The maximum atomic E-state index is 13.6. The topological polar surface area (TPSA) is 156 Å². The van der Waals surface area contributed by atoms with Gasteiger partial charge >= 0.3 is 5.97 Å². The van der Waals surface area contributed by atoms with Crippen LogP contribution in [0.1, 0.15) is 24.8 Å². The molecule has 1 amide bonds. The number of imidazole rings is 1. The van der Waals surface area contributed by atoms with Gasteiger partial charge in [0.2, 0.25) is 18.6 Å². The summed E-state index contributed by atoms with van der Waals surface area (Å²) in [6.07, 6.45) is 3.05. The number of nitrogens with zero attached hydrogens (tertiary/aromatic N) is 4. The minimum absolute atomic E-state index is 0.0384. The van der Waals surface area contributed by atoms with E-state index < -0.39 is 17.7 Å². The molecule has 1 aliphatic heterocycles. The largest absolute Gasteiger partial charge is 0.481 e. The van der Waals surface area contributed by atoms with Crippen LogP contribution in [0.4, 0.5) is 10.3 Å². The molecular formula is C27H29FN6O6. The van der Waals surface area contributed by atoms with Crippen molar-refractivity contribution < 1.29 is 33.0 Å². The summed E-state index contributed by atoms with van der Waals surface area (Å²) >= 11 is 0. The smallest absolute Gasteiger partial charge is 0.314 e. The monoisotopic (exact) mass is 552 g/mol. The number of hydrogen-bond donors (Lipinski definition) is 3. The molecule has 1 saturated heterocycles. The molecule has 1 aromatic carbocycles. The fraction of sp³-hybridized carbons (Fsp3) is 0.296. The Morgan fingerprint density at radius 1 is 1.20 bits per heavy atom. The molecule has 12 nitrogen and oxygen atoms in total. The maximum Gasteiger partial charge on any atom is 0.314 e. The molecule has 0 unspecified atom stereocenters. The van der Waals surface area contributed by atoms with Gasteiger partial charge in [0.25, 0.3) is 0 Å². The second-order valence-corrected chi connectivity index (χ2v) is 9.44. The van der Waals surface area contributed by atoms with Gasteiger partial charge in [0, 0.05) is 25.9 Å². The number of aromatic amines is 1. The molecule has 1 aliphatic rings. The molecule has 0 atom stereocenters. The fourth-order valence-electron chi connectivity index (χ4n) is 3.56. The highest BCUT2D eigenvalue weighted by molar-refractivity contribution is 5.77. The normalized spacial score (nSPS) is 18.4. The highest BCUT2D eigenvalue weighted by Crippen LogP contribution is 2.35. The minimum Gasteiger partial charge on any atom is -0.481 e. The van der Waals surface area contributed by atoms with Gasteiger partial charge in [0.1, 0.15) is 17.0 Å². The van der Waals surface area contributed by atoms with Crippen molar-refractivity contribution in [1.29, 1.82) is 0 Å². The average Bonchev–Trinajstić information content (AvgIpc) is 3.64. The van der Waals surface area contributed by atoms with Crippen molar-refractivity contribution in [3.05, 3.63) is 72.3 Å². The number of H-pyrrole nitrogens is 1. The van der Waals surface area contributed by atoms with Crippen LogP contribution in [-0.2, 0) is 25.6 Å². The van der Waals surface area contributed by atoms with Gasteiger partial charge in [0.15, 0.2) is 5.82 Å². The number of carbonyl (C=O) groups is 2. The van der Waals surface area contributed by atoms with Gasteiger partial charge in [-0.1, -0.05) is 0 Å². The summed E-state index contributed by atoms with van der Waals surface area (Å²) in [5.41, 5.74) is 1.10. The van der Waals surface area contributed by atoms with Crippen molar-refractivity contribution >= 4 is 18.3 Å². The molecule has 1 fully saturated rings. The summed E-state index contributed by atoms with van der Waals surface area (Å²) in [5, 5.41) is 12.5. The van der Waals surface area contributed by atoms with Crippen molar-refractivity contribution in [3.8, 4) is 22.6 Å². The number of rotatable bonds is 8. The second-order valence-electron chi connectivity index (χ2n) is 9.44. The van der Waals surface area contributed by atoms with Gasteiger partial charge in [-0.25, -0.2) is 19.3 Å². The number of carbonyl (C=O) groups excluding carboxylic acids is 1. The van der Waals surface area contributed by atoms with E-state index in [0.717, 1.165) is 12.2 Å². The Labute approximate surface area is 229 Å². The number of amides is 1. The first kappa shape index (κ1) is 28.4. The lowest BCUT2D eigenvalue weighted by molar-refractivity contribution is -0.236. The fourth-order valence-corrected chi connectivity index (χ4v) is 3.56. The van der Waals surface area contributed by atoms with Crippen LogP contribution in [0.2, 0.25) is 0 Å². The third kappa shape index (κ3) is 6.87. The van der Waals surface area contributed by atoms with E-state index in [0.29, 0.717) is 41.0 Å². The van der Waals surface area contributed by atoms with Crippen LogP contribution in [0.3, 0.4) is 0 Å². The van der Waals surface area contributed by atoms with Crippen molar-refractivity contribution in [3.63, 3.8) is 0 Å². The average molecular weight is 553 g/mol. The number of hydrogen-bond acceptors (Lipinski definition) is 9. The van der Waals surface area contributed by atoms with Gasteiger partial charge in [-0.15, -0.1) is 0 Å². The number of carboxylic acid groups (broad SMARTS) is 1. The number of furan rings is 1. The summed E-state index contributed by atoms with van der Waals surface area (Å²) in [4.78, 5) is 39.1. The SMILES string of the molecule is CC1(C(=O)O)COC(c2nc(-c3ccc(F)cc3)c(-c3ccnc(NCc4ccco4)n3)[nH]2)OC1.CN(C)C=O. The predicted molar refractivity (Wildman–Crippen MR) is 141 cm³/mol. The Bertz CT molecular complexity index is 1420. The zero-order chi connectivity index (χ0) is 28.7. The molecule has 0 saturated carbocycles. The van der Waals surface area contributed by atoms with E-state index in [-0.39, 0.29) is 19.0 Å². The first-order valence-corrected chi connectivity index (χ1v) is 12.2. The minimum atomic E-state index is -1.15. The second kappa shape index (κ2) is 12.5. The molecule has 0 aliphatic carbocycles. The lowest BCUT2D eigenvalue weighted by Gasteiger charge is -2.33. The quantitative estimate of drug-likeness (QED) is 0.275. The van der Waals surface area contributed by atoms with E-state index in [1.54, 1.807) is 57.7 Å². The van der Waals surface area contributed by atoms with E-state index in [1.807, 2.05) is 6.07 Å². The Morgan fingerprint density at radius 2 is 1.90 bits per heavy atom. The van der Waals surface area contributed by atoms with Crippen molar-refractivity contribution in [2.75, 3.05) is 32.6 Å². The Hall–Kier alpha value is -4.62. The summed E-state index contributed by atoms with van der Waals surface area (Å²) in [6, 6.07) is 11.3. The Morgan fingerprint density at radius 3 is 2.50 bits per heavy atom.